The first kappa shape index (κ1) is 30.6. The van der Waals surface area contributed by atoms with E-state index in [0.717, 1.165) is 0 Å². The maximum atomic E-state index is 12.4. The summed E-state index contributed by atoms with van der Waals surface area (Å²) in [6.07, 6.45) is 2.11. The minimum absolute atomic E-state index is 0.224. The number of ether oxygens (including phenoxy) is 2. The molecule has 12 heteroatoms. The molecule has 0 unspecified atom stereocenters. The fraction of sp³-hybridized carbons (Fsp3) is 0.0323. The maximum Gasteiger partial charge on any atom is 0.345 e. The number of carbonyl (C=O) groups excluding carboxylic acids is 4. The second kappa shape index (κ2) is 15.1. The Labute approximate surface area is 255 Å². The Morgan fingerprint density at radius 3 is 1.44 bits per heavy atom. The smallest absolute Gasteiger partial charge is 0.345 e. The third-order valence-electron chi connectivity index (χ3n) is 5.45. The van der Waals surface area contributed by atoms with E-state index >= 15 is 0 Å². The fourth-order valence-corrected chi connectivity index (χ4v) is 3.90. The molecule has 216 valence electrons. The van der Waals surface area contributed by atoms with Crippen molar-refractivity contribution < 1.29 is 28.7 Å². The molecule has 0 aromatic heterocycles. The number of benzene rings is 4. The summed E-state index contributed by atoms with van der Waals surface area (Å²) in [4.78, 5) is 48.9. The standard InChI is InChI=1S/C31H22Cl2N4O6/c32-26-13-3-1-11-24(26)30(40)42-22-9-5-7-20(15-22)18-34-36-28(38)17-29(39)37-35-19-21-8-6-10-23(16-21)43-31(41)25-12-2-4-14-27(25)33/h1-16,18-19H,17H2,(H,36,38)(H,37,39). The van der Waals surface area contributed by atoms with Crippen LogP contribution in [0.2, 0.25) is 10.0 Å². The quantitative estimate of drug-likeness (QED) is 0.0802. The fourth-order valence-electron chi connectivity index (χ4n) is 3.48. The van der Waals surface area contributed by atoms with Gasteiger partial charge in [0, 0.05) is 0 Å². The monoisotopic (exact) mass is 616 g/mol. The van der Waals surface area contributed by atoms with E-state index in [2.05, 4.69) is 21.1 Å². The van der Waals surface area contributed by atoms with Crippen molar-refractivity contribution in [2.75, 3.05) is 0 Å². The van der Waals surface area contributed by atoms with Crippen LogP contribution in [0.15, 0.2) is 107 Å². The van der Waals surface area contributed by atoms with Gasteiger partial charge in [0.2, 0.25) is 11.8 Å². The van der Waals surface area contributed by atoms with Gasteiger partial charge in [-0.2, -0.15) is 10.2 Å². The molecule has 0 atom stereocenters. The lowest BCUT2D eigenvalue weighted by molar-refractivity contribution is -0.129. The summed E-state index contributed by atoms with van der Waals surface area (Å²) in [5, 5.41) is 8.18. The molecule has 4 aromatic rings. The Morgan fingerprint density at radius 2 is 1.02 bits per heavy atom. The van der Waals surface area contributed by atoms with Gasteiger partial charge in [-0.3, -0.25) is 9.59 Å². The number of hydrazone groups is 2. The Balaban J connectivity index is 1.23. The van der Waals surface area contributed by atoms with Gasteiger partial charge >= 0.3 is 11.9 Å². The van der Waals surface area contributed by atoms with E-state index in [4.69, 9.17) is 32.7 Å². The highest BCUT2D eigenvalue weighted by Gasteiger charge is 2.13. The van der Waals surface area contributed by atoms with Gasteiger partial charge in [0.25, 0.3) is 0 Å². The van der Waals surface area contributed by atoms with E-state index in [1.807, 2.05) is 0 Å². The molecule has 0 heterocycles. The molecule has 0 radical (unpaired) electrons. The van der Waals surface area contributed by atoms with Crippen LogP contribution in [0.1, 0.15) is 38.3 Å². The molecule has 0 saturated heterocycles. The number of nitrogens with one attached hydrogen (secondary N) is 2. The summed E-state index contributed by atoms with van der Waals surface area (Å²) in [6, 6.07) is 25.9. The first-order chi connectivity index (χ1) is 20.8. The third-order valence-corrected chi connectivity index (χ3v) is 6.11. The molecule has 0 saturated carbocycles. The molecule has 0 aliphatic carbocycles. The second-order valence-corrected chi connectivity index (χ2v) is 9.46. The first-order valence-electron chi connectivity index (χ1n) is 12.6. The van der Waals surface area contributed by atoms with E-state index in [0.29, 0.717) is 11.1 Å². The molecule has 4 aromatic carbocycles. The number of rotatable bonds is 10. The van der Waals surface area contributed by atoms with E-state index in [1.165, 1.54) is 12.4 Å². The van der Waals surface area contributed by atoms with Crippen molar-refractivity contribution in [3.05, 3.63) is 129 Å². The number of amides is 2. The average Bonchev–Trinajstić information content (AvgIpc) is 2.98. The zero-order valence-electron chi connectivity index (χ0n) is 22.2. The van der Waals surface area contributed by atoms with Crippen molar-refractivity contribution in [3.63, 3.8) is 0 Å². The Hall–Kier alpha value is -5.32. The van der Waals surface area contributed by atoms with Crippen LogP contribution in [0.3, 0.4) is 0 Å². The molecule has 4 rings (SSSR count). The molecule has 0 bridgehead atoms. The van der Waals surface area contributed by atoms with Crippen molar-refractivity contribution in [2.24, 2.45) is 10.2 Å². The molecular formula is C31H22Cl2N4O6. The number of hydrogen-bond acceptors (Lipinski definition) is 8. The normalized spacial score (nSPS) is 10.8. The highest BCUT2D eigenvalue weighted by atomic mass is 35.5. The van der Waals surface area contributed by atoms with Crippen LogP contribution in [0.25, 0.3) is 0 Å². The average molecular weight is 617 g/mol. The number of hydrogen-bond donors (Lipinski definition) is 2. The van der Waals surface area contributed by atoms with E-state index < -0.39 is 30.2 Å². The molecule has 2 N–H and O–H groups in total. The number of halogens is 2. The molecular weight excluding hydrogens is 595 g/mol. The highest BCUT2D eigenvalue weighted by molar-refractivity contribution is 6.34. The molecule has 43 heavy (non-hydrogen) atoms. The van der Waals surface area contributed by atoms with Gasteiger partial charge in [0.15, 0.2) is 0 Å². The number of nitrogens with zero attached hydrogens (tertiary/aromatic N) is 2. The molecule has 0 aliphatic rings. The van der Waals surface area contributed by atoms with Gasteiger partial charge in [0.05, 0.1) is 33.6 Å². The predicted molar refractivity (Wildman–Crippen MR) is 162 cm³/mol. The zero-order valence-corrected chi connectivity index (χ0v) is 23.7. The van der Waals surface area contributed by atoms with Crippen molar-refractivity contribution in [2.45, 2.75) is 6.42 Å². The summed E-state index contributed by atoms with van der Waals surface area (Å²) in [7, 11) is 0. The van der Waals surface area contributed by atoms with Gasteiger partial charge < -0.3 is 9.47 Å². The van der Waals surface area contributed by atoms with Crippen molar-refractivity contribution >= 4 is 59.4 Å². The van der Waals surface area contributed by atoms with Crippen LogP contribution in [0.5, 0.6) is 11.5 Å². The Bertz CT molecular complexity index is 1600. The molecule has 10 nitrogen and oxygen atoms in total. The van der Waals surface area contributed by atoms with Crippen LogP contribution >= 0.6 is 23.2 Å². The Kier molecular flexibility index (Phi) is 10.7. The second-order valence-electron chi connectivity index (χ2n) is 8.65. The van der Waals surface area contributed by atoms with Crippen LogP contribution in [0, 0.1) is 0 Å². The summed E-state index contributed by atoms with van der Waals surface area (Å²) >= 11 is 12.1. The van der Waals surface area contributed by atoms with Crippen molar-refractivity contribution in [3.8, 4) is 11.5 Å². The number of esters is 2. The lowest BCUT2D eigenvalue weighted by Gasteiger charge is -2.06. The summed E-state index contributed by atoms with van der Waals surface area (Å²) in [6.45, 7) is 0. The van der Waals surface area contributed by atoms with Gasteiger partial charge in [-0.1, -0.05) is 71.7 Å². The van der Waals surface area contributed by atoms with Crippen molar-refractivity contribution in [1.29, 1.82) is 0 Å². The molecule has 0 spiro atoms. The minimum Gasteiger partial charge on any atom is -0.423 e. The largest absolute Gasteiger partial charge is 0.423 e. The summed E-state index contributed by atoms with van der Waals surface area (Å²) in [5.41, 5.74) is 5.98. The van der Waals surface area contributed by atoms with Gasteiger partial charge in [0.1, 0.15) is 17.9 Å². The lowest BCUT2D eigenvalue weighted by Crippen LogP contribution is -2.27. The van der Waals surface area contributed by atoms with E-state index in [9.17, 15) is 19.2 Å². The van der Waals surface area contributed by atoms with Gasteiger partial charge in [-0.25, -0.2) is 20.4 Å². The minimum atomic E-state index is -0.682. The van der Waals surface area contributed by atoms with Crippen LogP contribution in [0.4, 0.5) is 0 Å². The third kappa shape index (κ3) is 9.35. The van der Waals surface area contributed by atoms with E-state index in [-0.39, 0.29) is 32.7 Å². The predicted octanol–water partition coefficient (Wildman–Crippen LogP) is 5.42. The van der Waals surface area contributed by atoms with E-state index in [1.54, 1.807) is 97.1 Å². The first-order valence-corrected chi connectivity index (χ1v) is 13.3. The Morgan fingerprint density at radius 1 is 0.605 bits per heavy atom. The maximum absolute atomic E-state index is 12.4. The summed E-state index contributed by atoms with van der Waals surface area (Å²) < 4.78 is 10.7. The van der Waals surface area contributed by atoms with Crippen LogP contribution in [-0.2, 0) is 9.59 Å². The van der Waals surface area contributed by atoms with Crippen LogP contribution in [-0.4, -0.2) is 36.2 Å². The summed E-state index contributed by atoms with van der Waals surface area (Å²) in [5.74, 6) is -2.10. The van der Waals surface area contributed by atoms with Crippen molar-refractivity contribution in [1.82, 2.24) is 10.9 Å². The zero-order chi connectivity index (χ0) is 30.6. The van der Waals surface area contributed by atoms with Gasteiger partial charge in [-0.05, 0) is 59.7 Å². The molecule has 0 aliphatic heterocycles. The number of carbonyl (C=O) groups is 4. The lowest BCUT2D eigenvalue weighted by atomic mass is 10.2. The van der Waals surface area contributed by atoms with Crippen LogP contribution < -0.4 is 20.3 Å². The SMILES string of the molecule is O=C(CC(=O)NN=Cc1cccc(OC(=O)c2ccccc2Cl)c1)NN=Cc1cccc(OC(=O)c2ccccc2Cl)c1. The van der Waals surface area contributed by atoms with Gasteiger partial charge in [-0.15, -0.1) is 0 Å². The topological polar surface area (TPSA) is 136 Å². The molecule has 0 fully saturated rings. The molecule has 2 amide bonds. The highest BCUT2D eigenvalue weighted by Crippen LogP contribution is 2.20.